The molecule has 0 radical (unpaired) electrons. The zero-order valence-corrected chi connectivity index (χ0v) is 15.1. The van der Waals surface area contributed by atoms with Gasteiger partial charge in [-0.15, -0.1) is 0 Å². The standard InChI is InChI=1S/C23H19N2O/c1-14-12-24-23(25(3)13-14)20-15(2)8-10-19-18-11-9-16-6-4-5-7-17(16)21(18)26-22(19)20/h4-13H,1-3H3/q+1. The highest BCUT2D eigenvalue weighted by Crippen LogP contribution is 2.38. The van der Waals surface area contributed by atoms with Gasteiger partial charge in [-0.25, -0.2) is 4.57 Å². The molecule has 0 aliphatic carbocycles. The van der Waals surface area contributed by atoms with Gasteiger partial charge in [0, 0.05) is 21.7 Å². The molecule has 26 heavy (non-hydrogen) atoms. The summed E-state index contributed by atoms with van der Waals surface area (Å²) >= 11 is 0. The van der Waals surface area contributed by atoms with Gasteiger partial charge in [0.15, 0.2) is 5.58 Å². The van der Waals surface area contributed by atoms with Crippen LogP contribution in [-0.4, -0.2) is 4.98 Å². The van der Waals surface area contributed by atoms with Crippen LogP contribution in [0.2, 0.25) is 0 Å². The van der Waals surface area contributed by atoms with Gasteiger partial charge in [0.1, 0.15) is 17.3 Å². The summed E-state index contributed by atoms with van der Waals surface area (Å²) < 4.78 is 8.54. The van der Waals surface area contributed by atoms with E-state index in [0.29, 0.717) is 0 Å². The average Bonchev–Trinajstić information content (AvgIpc) is 3.02. The number of fused-ring (bicyclic) bond motifs is 5. The van der Waals surface area contributed by atoms with Gasteiger partial charge in [0.2, 0.25) is 0 Å². The Kier molecular flexibility index (Phi) is 3.13. The molecule has 3 aromatic carbocycles. The summed E-state index contributed by atoms with van der Waals surface area (Å²) in [6.07, 6.45) is 4.00. The van der Waals surface area contributed by atoms with Gasteiger partial charge in [0.05, 0.1) is 13.2 Å². The van der Waals surface area contributed by atoms with Crippen molar-refractivity contribution < 1.29 is 8.98 Å². The lowest BCUT2D eigenvalue weighted by molar-refractivity contribution is -0.663. The van der Waals surface area contributed by atoms with Crippen LogP contribution in [-0.2, 0) is 7.05 Å². The molecule has 3 nitrogen and oxygen atoms in total. The summed E-state index contributed by atoms with van der Waals surface area (Å²) in [5.41, 5.74) is 5.21. The number of rotatable bonds is 1. The summed E-state index contributed by atoms with van der Waals surface area (Å²) in [4.78, 5) is 4.69. The van der Waals surface area contributed by atoms with Crippen LogP contribution in [0.3, 0.4) is 0 Å². The van der Waals surface area contributed by atoms with Gasteiger partial charge in [-0.2, -0.15) is 0 Å². The van der Waals surface area contributed by atoms with Crippen molar-refractivity contribution in [3.8, 4) is 11.4 Å². The zero-order valence-electron chi connectivity index (χ0n) is 15.1. The molecule has 0 saturated heterocycles. The third kappa shape index (κ3) is 2.07. The van der Waals surface area contributed by atoms with Gasteiger partial charge >= 0.3 is 5.82 Å². The second kappa shape index (κ2) is 5.40. The molecule has 126 valence electrons. The van der Waals surface area contributed by atoms with Gasteiger partial charge in [-0.05, 0) is 35.8 Å². The van der Waals surface area contributed by atoms with E-state index in [9.17, 15) is 0 Å². The van der Waals surface area contributed by atoms with Crippen molar-refractivity contribution in [2.75, 3.05) is 0 Å². The normalized spacial score (nSPS) is 11.7. The van der Waals surface area contributed by atoms with Crippen molar-refractivity contribution in [1.82, 2.24) is 4.98 Å². The Hall–Kier alpha value is -3.20. The van der Waals surface area contributed by atoms with Crippen molar-refractivity contribution in [1.29, 1.82) is 0 Å². The fraction of sp³-hybridized carbons (Fsp3) is 0.130. The minimum Gasteiger partial charge on any atom is -0.454 e. The van der Waals surface area contributed by atoms with Crippen LogP contribution in [0.15, 0.2) is 65.3 Å². The van der Waals surface area contributed by atoms with E-state index in [1.54, 1.807) is 0 Å². The Morgan fingerprint density at radius 1 is 0.846 bits per heavy atom. The molecule has 5 rings (SSSR count). The van der Waals surface area contributed by atoms with Crippen molar-refractivity contribution in [3.05, 3.63) is 72.1 Å². The number of aryl methyl sites for hydroxylation is 3. The quantitative estimate of drug-likeness (QED) is 0.391. The first-order valence-corrected chi connectivity index (χ1v) is 8.80. The Bertz CT molecular complexity index is 1310. The summed E-state index contributed by atoms with van der Waals surface area (Å²) in [6, 6.07) is 17.0. The van der Waals surface area contributed by atoms with Gasteiger partial charge in [0.25, 0.3) is 0 Å². The minimum absolute atomic E-state index is 0.906. The number of hydrogen-bond donors (Lipinski definition) is 0. The Morgan fingerprint density at radius 3 is 2.46 bits per heavy atom. The molecule has 0 aliphatic rings. The number of hydrogen-bond acceptors (Lipinski definition) is 2. The molecule has 0 aliphatic heterocycles. The highest BCUT2D eigenvalue weighted by molar-refractivity contribution is 6.17. The largest absolute Gasteiger partial charge is 0.454 e. The van der Waals surface area contributed by atoms with E-state index in [1.165, 1.54) is 5.39 Å². The van der Waals surface area contributed by atoms with Gasteiger partial charge in [-0.3, -0.25) is 0 Å². The molecule has 2 heterocycles. The lowest BCUT2D eigenvalue weighted by atomic mass is 10.0. The summed E-state index contributed by atoms with van der Waals surface area (Å²) in [5.74, 6) is 0.919. The fourth-order valence-corrected chi connectivity index (χ4v) is 3.84. The Labute approximate surface area is 151 Å². The highest BCUT2D eigenvalue weighted by atomic mass is 16.3. The highest BCUT2D eigenvalue weighted by Gasteiger charge is 2.23. The lowest BCUT2D eigenvalue weighted by Crippen LogP contribution is -2.32. The number of aromatic nitrogens is 2. The molecule has 0 atom stereocenters. The zero-order chi connectivity index (χ0) is 17.8. The summed E-state index contributed by atoms with van der Waals surface area (Å²) in [7, 11) is 2.03. The van der Waals surface area contributed by atoms with Crippen molar-refractivity contribution >= 4 is 32.7 Å². The van der Waals surface area contributed by atoms with Crippen LogP contribution < -0.4 is 4.57 Å². The van der Waals surface area contributed by atoms with Crippen molar-refractivity contribution in [2.45, 2.75) is 13.8 Å². The van der Waals surface area contributed by atoms with Crippen molar-refractivity contribution in [3.63, 3.8) is 0 Å². The molecule has 0 saturated carbocycles. The number of benzene rings is 3. The average molecular weight is 339 g/mol. The smallest absolute Gasteiger partial charge is 0.334 e. The molecule has 0 unspecified atom stereocenters. The lowest BCUT2D eigenvalue weighted by Gasteiger charge is -2.04. The molecule has 0 N–H and O–H groups in total. The first-order chi connectivity index (χ1) is 12.6. The Balaban J connectivity index is 1.95. The maximum atomic E-state index is 6.46. The van der Waals surface area contributed by atoms with Crippen LogP contribution >= 0.6 is 0 Å². The molecule has 3 heteroatoms. The van der Waals surface area contributed by atoms with E-state index in [0.717, 1.165) is 49.8 Å². The van der Waals surface area contributed by atoms with Gasteiger partial charge < -0.3 is 4.42 Å². The summed E-state index contributed by atoms with van der Waals surface area (Å²) in [5, 5.41) is 4.62. The van der Waals surface area contributed by atoms with Crippen LogP contribution in [0.4, 0.5) is 0 Å². The van der Waals surface area contributed by atoms with Gasteiger partial charge in [-0.1, -0.05) is 42.5 Å². The van der Waals surface area contributed by atoms with E-state index in [1.807, 2.05) is 13.2 Å². The number of furan rings is 1. The van der Waals surface area contributed by atoms with E-state index in [2.05, 4.69) is 73.1 Å². The van der Waals surface area contributed by atoms with E-state index < -0.39 is 0 Å². The minimum atomic E-state index is 0.906. The Morgan fingerprint density at radius 2 is 1.62 bits per heavy atom. The van der Waals surface area contributed by atoms with Crippen LogP contribution in [0.5, 0.6) is 0 Å². The molecular weight excluding hydrogens is 320 g/mol. The van der Waals surface area contributed by atoms with Crippen molar-refractivity contribution in [2.24, 2.45) is 7.05 Å². The molecule has 2 aromatic heterocycles. The van der Waals surface area contributed by atoms with E-state index >= 15 is 0 Å². The monoisotopic (exact) mass is 339 g/mol. The first kappa shape index (κ1) is 15.1. The molecule has 0 bridgehead atoms. The molecule has 0 fully saturated rings. The van der Waals surface area contributed by atoms with E-state index in [4.69, 9.17) is 9.40 Å². The molecule has 0 amide bonds. The number of nitrogens with zero attached hydrogens (tertiary/aromatic N) is 2. The third-order valence-electron chi connectivity index (χ3n) is 5.09. The molecule has 0 spiro atoms. The van der Waals surface area contributed by atoms with E-state index in [-0.39, 0.29) is 0 Å². The maximum absolute atomic E-state index is 6.46. The van der Waals surface area contributed by atoms with Crippen LogP contribution in [0.25, 0.3) is 44.1 Å². The predicted octanol–water partition coefficient (Wildman–Crippen LogP) is 5.24. The topological polar surface area (TPSA) is 29.9 Å². The van der Waals surface area contributed by atoms with Crippen LogP contribution in [0.1, 0.15) is 11.1 Å². The third-order valence-corrected chi connectivity index (χ3v) is 5.09. The summed E-state index contributed by atoms with van der Waals surface area (Å²) in [6.45, 7) is 4.17. The molecular formula is C23H19N2O+. The first-order valence-electron chi connectivity index (χ1n) is 8.80. The second-order valence-corrected chi connectivity index (χ2v) is 6.97. The van der Waals surface area contributed by atoms with Crippen LogP contribution in [0, 0.1) is 13.8 Å². The molecule has 5 aromatic rings. The second-order valence-electron chi connectivity index (χ2n) is 6.97. The maximum Gasteiger partial charge on any atom is 0.334 e. The fourth-order valence-electron chi connectivity index (χ4n) is 3.84. The SMILES string of the molecule is Cc1cnc(-c2c(C)ccc3c2oc2c4ccccc4ccc32)[n+](C)c1. The predicted molar refractivity (Wildman–Crippen MR) is 105 cm³/mol.